The van der Waals surface area contributed by atoms with E-state index in [0.29, 0.717) is 0 Å². The molecule has 0 unspecified atom stereocenters. The van der Waals surface area contributed by atoms with Crippen molar-refractivity contribution >= 4 is 23.8 Å². The fourth-order valence-electron chi connectivity index (χ4n) is 2.46. The number of rotatable bonds is 2. The van der Waals surface area contributed by atoms with Gasteiger partial charge in [0.15, 0.2) is 0 Å². The van der Waals surface area contributed by atoms with Gasteiger partial charge in [-0.1, -0.05) is 36.4 Å². The summed E-state index contributed by atoms with van der Waals surface area (Å²) in [5.74, 6) is 0.880. The minimum Gasteiger partial charge on any atom is -0.324 e. The molecule has 1 aliphatic rings. The highest BCUT2D eigenvalue weighted by Crippen LogP contribution is 2.06. The molecule has 1 aliphatic heterocycles. The lowest BCUT2D eigenvalue weighted by molar-refractivity contribution is 0.920. The third-order valence-electron chi connectivity index (χ3n) is 3.47. The quantitative estimate of drug-likeness (QED) is 0.679. The molecule has 0 saturated heterocycles. The maximum absolute atomic E-state index is 4.70. The van der Waals surface area contributed by atoms with Gasteiger partial charge in [-0.05, 0) is 23.7 Å². The number of hydrogen-bond donors (Lipinski definition) is 2. The summed E-state index contributed by atoms with van der Waals surface area (Å²) in [5.41, 5.74) is 6.57. The third kappa shape index (κ3) is 1.88. The molecule has 0 spiro atoms. The molecule has 0 bridgehead atoms. The van der Waals surface area contributed by atoms with Gasteiger partial charge in [0.1, 0.15) is 5.84 Å². The van der Waals surface area contributed by atoms with E-state index in [0.717, 1.165) is 16.9 Å². The van der Waals surface area contributed by atoms with E-state index in [1.165, 1.54) is 5.52 Å². The molecule has 0 aliphatic carbocycles. The molecule has 2 N–H and O–H groups in total. The van der Waals surface area contributed by atoms with Crippen LogP contribution in [-0.4, -0.2) is 17.2 Å². The fraction of sp³-hybridized carbons (Fsp3) is 0. The molecule has 5 heteroatoms. The standard InChI is InChI=1S/C15H13BN4/c1-2-6-12(7-3-1)15-17-16(19-18-15)13-10-14-8-4-5-9-20(14)11-13/h1-11,19H,(H,17,18). The minimum absolute atomic E-state index is 0.0508. The summed E-state index contributed by atoms with van der Waals surface area (Å²) in [7, 11) is 0. The minimum atomic E-state index is -0.0508. The average Bonchev–Trinajstić information content (AvgIpc) is 3.14. The van der Waals surface area contributed by atoms with Crippen LogP contribution in [0.2, 0.25) is 0 Å². The topological polar surface area (TPSA) is 40.8 Å². The van der Waals surface area contributed by atoms with Crippen LogP contribution in [0.5, 0.6) is 0 Å². The van der Waals surface area contributed by atoms with Gasteiger partial charge < -0.3 is 9.83 Å². The number of amidine groups is 1. The molecule has 4 rings (SSSR count). The van der Waals surface area contributed by atoms with E-state index < -0.39 is 0 Å². The van der Waals surface area contributed by atoms with Crippen LogP contribution in [0.1, 0.15) is 5.56 Å². The summed E-state index contributed by atoms with van der Waals surface area (Å²) in [5, 5.41) is 3.22. The molecule has 0 saturated carbocycles. The van der Waals surface area contributed by atoms with Gasteiger partial charge in [0.05, 0.1) is 0 Å². The van der Waals surface area contributed by atoms with Crippen molar-refractivity contribution in [1.82, 2.24) is 15.2 Å². The van der Waals surface area contributed by atoms with Crippen molar-refractivity contribution in [2.75, 3.05) is 0 Å². The first-order valence-electron chi connectivity index (χ1n) is 6.61. The highest BCUT2D eigenvalue weighted by Gasteiger charge is 2.25. The van der Waals surface area contributed by atoms with E-state index >= 15 is 0 Å². The Morgan fingerprint density at radius 1 is 1.00 bits per heavy atom. The van der Waals surface area contributed by atoms with Crippen LogP contribution in [-0.2, 0) is 0 Å². The Bertz CT molecular complexity index is 746. The Morgan fingerprint density at radius 3 is 2.70 bits per heavy atom. The Kier molecular flexibility index (Phi) is 2.57. The molecule has 0 radical (unpaired) electrons. The lowest BCUT2D eigenvalue weighted by atomic mass is 9.72. The molecule has 96 valence electrons. The monoisotopic (exact) mass is 260 g/mol. The van der Waals surface area contributed by atoms with E-state index in [1.807, 2.05) is 48.7 Å². The number of nitrogens with one attached hydrogen (secondary N) is 2. The summed E-state index contributed by atoms with van der Waals surface area (Å²) in [4.78, 5) is 4.70. The predicted octanol–water partition coefficient (Wildman–Crippen LogP) is 1.19. The zero-order valence-corrected chi connectivity index (χ0v) is 10.8. The van der Waals surface area contributed by atoms with Crippen molar-refractivity contribution < 1.29 is 0 Å². The molecular weight excluding hydrogens is 247 g/mol. The lowest BCUT2D eigenvalue weighted by Gasteiger charge is -2.01. The second-order valence-electron chi connectivity index (χ2n) is 4.82. The number of fused-ring (bicyclic) bond motifs is 1. The molecule has 0 amide bonds. The van der Waals surface area contributed by atoms with E-state index in [1.54, 1.807) is 0 Å². The summed E-state index contributed by atoms with van der Waals surface area (Å²) < 4.78 is 2.10. The maximum Gasteiger partial charge on any atom is 0.416 e. The van der Waals surface area contributed by atoms with Crippen LogP contribution in [0, 0.1) is 0 Å². The van der Waals surface area contributed by atoms with Gasteiger partial charge >= 0.3 is 6.98 Å². The van der Waals surface area contributed by atoms with E-state index in [-0.39, 0.29) is 6.98 Å². The molecule has 0 fully saturated rings. The molecule has 3 aromatic rings. The fourth-order valence-corrected chi connectivity index (χ4v) is 2.46. The van der Waals surface area contributed by atoms with Gasteiger partial charge in [-0.15, -0.1) is 0 Å². The molecular formula is C15H13BN4. The second kappa shape index (κ2) is 4.54. The van der Waals surface area contributed by atoms with Crippen molar-refractivity contribution in [2.45, 2.75) is 0 Å². The Hall–Kier alpha value is -2.53. The average molecular weight is 260 g/mol. The van der Waals surface area contributed by atoms with Crippen LogP contribution >= 0.6 is 0 Å². The van der Waals surface area contributed by atoms with Crippen LogP contribution in [0.3, 0.4) is 0 Å². The van der Waals surface area contributed by atoms with Gasteiger partial charge in [0.25, 0.3) is 0 Å². The maximum atomic E-state index is 4.70. The first-order valence-corrected chi connectivity index (χ1v) is 6.61. The van der Waals surface area contributed by atoms with Gasteiger partial charge in [-0.2, -0.15) is 0 Å². The highest BCUT2D eigenvalue weighted by molar-refractivity contribution is 6.72. The van der Waals surface area contributed by atoms with Crippen LogP contribution in [0.15, 0.2) is 71.9 Å². The first-order chi connectivity index (χ1) is 9.90. The summed E-state index contributed by atoms with van der Waals surface area (Å²) in [6, 6.07) is 18.4. The van der Waals surface area contributed by atoms with Gasteiger partial charge in [-0.25, -0.2) is 5.34 Å². The molecule has 3 heterocycles. The summed E-state index contributed by atoms with van der Waals surface area (Å²) >= 11 is 0. The van der Waals surface area contributed by atoms with E-state index in [4.69, 9.17) is 4.90 Å². The normalized spacial score (nSPS) is 14.4. The first kappa shape index (κ1) is 11.3. The molecule has 0 atom stereocenters. The lowest BCUT2D eigenvalue weighted by Crippen LogP contribution is -2.45. The van der Waals surface area contributed by atoms with Crippen LogP contribution in [0.25, 0.3) is 5.52 Å². The zero-order chi connectivity index (χ0) is 13.4. The van der Waals surface area contributed by atoms with Crippen LogP contribution < -0.4 is 16.2 Å². The number of nitrogens with zero attached hydrogens (tertiary/aromatic N) is 2. The van der Waals surface area contributed by atoms with Crippen molar-refractivity contribution in [3.05, 3.63) is 72.6 Å². The number of hydrogen-bond acceptors (Lipinski definition) is 3. The SMILES string of the molecule is c1ccc(C2=NB(c3cc4ccccn4c3)NN2)cc1. The summed E-state index contributed by atoms with van der Waals surface area (Å²) in [6.07, 6.45) is 4.15. The zero-order valence-electron chi connectivity index (χ0n) is 10.8. The highest BCUT2D eigenvalue weighted by atomic mass is 15.4. The Morgan fingerprint density at radius 2 is 1.85 bits per heavy atom. The largest absolute Gasteiger partial charge is 0.416 e. The van der Waals surface area contributed by atoms with Crippen molar-refractivity contribution in [3.63, 3.8) is 0 Å². The summed E-state index contributed by atoms with van der Waals surface area (Å²) in [6.45, 7) is -0.0508. The van der Waals surface area contributed by atoms with Crippen molar-refractivity contribution in [1.29, 1.82) is 0 Å². The van der Waals surface area contributed by atoms with Crippen molar-refractivity contribution in [3.8, 4) is 0 Å². The molecule has 4 nitrogen and oxygen atoms in total. The Labute approximate surface area is 117 Å². The number of aromatic nitrogens is 1. The van der Waals surface area contributed by atoms with Crippen molar-refractivity contribution in [2.24, 2.45) is 4.90 Å². The van der Waals surface area contributed by atoms with E-state index in [9.17, 15) is 0 Å². The number of pyridine rings is 1. The smallest absolute Gasteiger partial charge is 0.324 e. The van der Waals surface area contributed by atoms with Gasteiger partial charge in [0, 0.05) is 23.5 Å². The van der Waals surface area contributed by atoms with Gasteiger partial charge in [0.2, 0.25) is 0 Å². The van der Waals surface area contributed by atoms with Crippen LogP contribution in [0.4, 0.5) is 0 Å². The third-order valence-corrected chi connectivity index (χ3v) is 3.47. The van der Waals surface area contributed by atoms with E-state index in [2.05, 4.69) is 33.5 Å². The Balaban J connectivity index is 1.68. The predicted molar refractivity (Wildman–Crippen MR) is 82.0 cm³/mol. The van der Waals surface area contributed by atoms with Gasteiger partial charge in [-0.3, -0.25) is 4.90 Å². The number of hydrazine groups is 1. The number of benzene rings is 1. The second-order valence-corrected chi connectivity index (χ2v) is 4.82. The molecule has 1 aromatic carbocycles. The molecule has 2 aromatic heterocycles. The molecule has 20 heavy (non-hydrogen) atoms.